The standard InChI is InChI=1S/C26H43N4O6P/c1-26(2,3)25(35)22-7-5-21(6-8-22)19-37(36)20-30-12-10-27(4)9-11-28(17-23(31)32)13-14-29(15-16-30)18-24(33)34/h5-8,36H,9-20H2,1-4H3,(H,31,32)(H,33,34). The van der Waals surface area contributed by atoms with Gasteiger partial charge < -0.3 is 20.0 Å². The Morgan fingerprint density at radius 1 is 0.784 bits per heavy atom. The van der Waals surface area contributed by atoms with E-state index in [1.54, 1.807) is 0 Å². The van der Waals surface area contributed by atoms with Crippen molar-refractivity contribution in [2.75, 3.05) is 78.8 Å². The van der Waals surface area contributed by atoms with Crippen molar-refractivity contribution in [3.05, 3.63) is 35.4 Å². The number of benzene rings is 1. The molecular formula is C26H43N4O6P. The maximum Gasteiger partial charge on any atom is 0.317 e. The fraction of sp³-hybridized carbons (Fsp3) is 0.654. The van der Waals surface area contributed by atoms with Gasteiger partial charge in [0.05, 0.1) is 13.1 Å². The molecule has 3 N–H and O–H groups in total. The number of nitrogens with zero attached hydrogens (tertiary/aromatic N) is 4. The number of ketones is 1. The van der Waals surface area contributed by atoms with E-state index in [1.807, 2.05) is 61.9 Å². The number of rotatable bonds is 9. The molecule has 0 saturated carbocycles. The molecule has 11 heteroatoms. The Balaban J connectivity index is 2.01. The molecule has 37 heavy (non-hydrogen) atoms. The number of carbonyl (C=O) groups is 3. The number of aliphatic carboxylic acids is 2. The maximum atomic E-state index is 12.5. The molecule has 1 fully saturated rings. The first-order valence-corrected chi connectivity index (χ1v) is 14.4. The van der Waals surface area contributed by atoms with Crippen molar-refractivity contribution in [3.63, 3.8) is 0 Å². The van der Waals surface area contributed by atoms with Crippen LogP contribution in [0.1, 0.15) is 36.7 Å². The zero-order valence-electron chi connectivity index (χ0n) is 22.6. The van der Waals surface area contributed by atoms with E-state index in [0.717, 1.165) is 18.7 Å². The van der Waals surface area contributed by atoms with Gasteiger partial charge in [0, 0.05) is 83.9 Å². The summed E-state index contributed by atoms with van der Waals surface area (Å²) in [4.78, 5) is 54.1. The highest BCUT2D eigenvalue weighted by atomic mass is 31.1. The molecule has 2 rings (SSSR count). The van der Waals surface area contributed by atoms with E-state index in [-0.39, 0.29) is 18.9 Å². The summed E-state index contributed by atoms with van der Waals surface area (Å²) >= 11 is 0. The Bertz CT molecular complexity index is 892. The number of likely N-dealkylation sites (N-methyl/N-ethyl adjacent to an activating group) is 1. The minimum Gasteiger partial charge on any atom is -0.480 e. The Kier molecular flexibility index (Phi) is 12.6. The molecule has 1 saturated heterocycles. The summed E-state index contributed by atoms with van der Waals surface area (Å²) in [6, 6.07) is 7.47. The largest absolute Gasteiger partial charge is 0.480 e. The van der Waals surface area contributed by atoms with Gasteiger partial charge in [-0.2, -0.15) is 0 Å². The summed E-state index contributed by atoms with van der Waals surface area (Å²) in [5.41, 5.74) is 1.21. The average Bonchev–Trinajstić information content (AvgIpc) is 2.80. The predicted molar refractivity (Wildman–Crippen MR) is 145 cm³/mol. The quantitative estimate of drug-likeness (QED) is 0.317. The second-order valence-corrected chi connectivity index (χ2v) is 12.5. The monoisotopic (exact) mass is 538 g/mol. The maximum absolute atomic E-state index is 12.5. The van der Waals surface area contributed by atoms with Gasteiger partial charge in [-0.1, -0.05) is 45.0 Å². The summed E-state index contributed by atoms with van der Waals surface area (Å²) in [6.07, 6.45) is 1.03. The van der Waals surface area contributed by atoms with Gasteiger partial charge in [0.2, 0.25) is 0 Å². The lowest BCUT2D eigenvalue weighted by atomic mass is 9.86. The zero-order chi connectivity index (χ0) is 27.6. The van der Waals surface area contributed by atoms with Gasteiger partial charge in [-0.15, -0.1) is 0 Å². The molecule has 0 amide bonds. The number of hydrogen-bond acceptors (Lipinski definition) is 8. The van der Waals surface area contributed by atoms with Crippen molar-refractivity contribution in [3.8, 4) is 0 Å². The molecular weight excluding hydrogens is 495 g/mol. The van der Waals surface area contributed by atoms with Crippen LogP contribution >= 0.6 is 8.15 Å². The highest BCUT2D eigenvalue weighted by Gasteiger charge is 2.23. The molecule has 0 spiro atoms. The van der Waals surface area contributed by atoms with Crippen LogP contribution in [-0.4, -0.2) is 131 Å². The van der Waals surface area contributed by atoms with E-state index in [9.17, 15) is 29.5 Å². The summed E-state index contributed by atoms with van der Waals surface area (Å²) in [7, 11) is 0.678. The number of carboxylic acid groups (broad SMARTS) is 2. The molecule has 1 aromatic carbocycles. The highest BCUT2D eigenvalue weighted by molar-refractivity contribution is 7.50. The minimum atomic E-state index is -1.32. The Morgan fingerprint density at radius 2 is 1.22 bits per heavy atom. The highest BCUT2D eigenvalue weighted by Crippen LogP contribution is 2.35. The first kappa shape index (κ1) is 31.3. The zero-order valence-corrected chi connectivity index (χ0v) is 23.5. The minimum absolute atomic E-state index is 0.0684. The van der Waals surface area contributed by atoms with E-state index in [0.29, 0.717) is 57.3 Å². The van der Waals surface area contributed by atoms with Crippen molar-refractivity contribution in [1.29, 1.82) is 0 Å². The second kappa shape index (κ2) is 14.9. The molecule has 208 valence electrons. The lowest BCUT2D eigenvalue weighted by Crippen LogP contribution is -2.47. The predicted octanol–water partition coefficient (Wildman–Crippen LogP) is 1.78. The molecule has 0 aliphatic carbocycles. The molecule has 1 heterocycles. The first-order chi connectivity index (χ1) is 17.3. The number of carboxylic acids is 2. The van der Waals surface area contributed by atoms with Crippen molar-refractivity contribution in [2.24, 2.45) is 5.41 Å². The summed E-state index contributed by atoms with van der Waals surface area (Å²) < 4.78 is 0. The number of hydrogen-bond donors (Lipinski definition) is 3. The number of Topliss-reactive ketones (excluding diaryl/α,β-unsaturated/α-hetero) is 1. The van der Waals surface area contributed by atoms with Crippen LogP contribution in [-0.2, 0) is 15.8 Å². The van der Waals surface area contributed by atoms with Gasteiger partial charge in [0.25, 0.3) is 0 Å². The topological polar surface area (TPSA) is 125 Å². The smallest absolute Gasteiger partial charge is 0.317 e. The van der Waals surface area contributed by atoms with Gasteiger partial charge >= 0.3 is 11.9 Å². The van der Waals surface area contributed by atoms with Crippen LogP contribution in [0.15, 0.2) is 24.3 Å². The van der Waals surface area contributed by atoms with E-state index in [1.165, 1.54) is 0 Å². The van der Waals surface area contributed by atoms with Crippen LogP contribution in [0.2, 0.25) is 0 Å². The number of carbonyl (C=O) groups excluding carboxylic acids is 1. The van der Waals surface area contributed by atoms with E-state index in [2.05, 4.69) is 9.80 Å². The third kappa shape index (κ3) is 12.0. The van der Waals surface area contributed by atoms with Gasteiger partial charge in [-0.05, 0) is 12.6 Å². The van der Waals surface area contributed by atoms with Crippen LogP contribution in [0.25, 0.3) is 0 Å². The third-order valence-corrected chi connectivity index (χ3v) is 7.86. The van der Waals surface area contributed by atoms with Gasteiger partial charge in [0.15, 0.2) is 5.78 Å². The van der Waals surface area contributed by atoms with Crippen LogP contribution in [0, 0.1) is 5.41 Å². The van der Waals surface area contributed by atoms with Crippen LogP contribution in [0.3, 0.4) is 0 Å². The fourth-order valence-electron chi connectivity index (χ4n) is 4.16. The normalized spacial score (nSPS) is 19.1. The van der Waals surface area contributed by atoms with Crippen LogP contribution < -0.4 is 0 Å². The summed E-state index contributed by atoms with van der Waals surface area (Å²) in [5, 5.41) is 18.6. The molecule has 0 bridgehead atoms. The van der Waals surface area contributed by atoms with E-state index in [4.69, 9.17) is 0 Å². The van der Waals surface area contributed by atoms with Crippen molar-refractivity contribution in [2.45, 2.75) is 26.9 Å². The Morgan fingerprint density at radius 3 is 1.68 bits per heavy atom. The average molecular weight is 539 g/mol. The third-order valence-electron chi connectivity index (χ3n) is 6.40. The molecule has 10 nitrogen and oxygen atoms in total. The molecule has 1 unspecified atom stereocenters. The molecule has 1 atom stereocenters. The summed E-state index contributed by atoms with van der Waals surface area (Å²) in [5.74, 6) is -1.72. The Hall–Kier alpha value is -1.94. The van der Waals surface area contributed by atoms with Crippen molar-refractivity contribution >= 4 is 25.9 Å². The summed E-state index contributed by atoms with van der Waals surface area (Å²) in [6.45, 7) is 10.3. The van der Waals surface area contributed by atoms with Gasteiger partial charge in [0.1, 0.15) is 0 Å². The molecule has 0 radical (unpaired) electrons. The van der Waals surface area contributed by atoms with Gasteiger partial charge in [-0.3, -0.25) is 29.1 Å². The van der Waals surface area contributed by atoms with Crippen molar-refractivity contribution in [1.82, 2.24) is 19.6 Å². The fourth-order valence-corrected chi connectivity index (χ4v) is 5.64. The SMILES string of the molecule is CN1CCN(CC(=O)O)CCN(CC(=O)O)CCN(CP(O)Cc2ccc(C(=O)C(C)(C)C)cc2)CC1. The van der Waals surface area contributed by atoms with Crippen LogP contribution in [0.4, 0.5) is 0 Å². The Labute approximate surface area is 221 Å². The van der Waals surface area contributed by atoms with E-state index < -0.39 is 25.5 Å². The lowest BCUT2D eigenvalue weighted by Gasteiger charge is -2.33. The van der Waals surface area contributed by atoms with Crippen molar-refractivity contribution < 1.29 is 29.5 Å². The molecule has 1 aliphatic rings. The molecule has 0 aromatic heterocycles. The molecule has 1 aromatic rings. The first-order valence-electron chi connectivity index (χ1n) is 12.7. The van der Waals surface area contributed by atoms with Gasteiger partial charge in [-0.25, -0.2) is 0 Å². The second-order valence-electron chi connectivity index (χ2n) is 10.8. The van der Waals surface area contributed by atoms with Crippen LogP contribution in [0.5, 0.6) is 0 Å². The lowest BCUT2D eigenvalue weighted by molar-refractivity contribution is -0.140. The van der Waals surface area contributed by atoms with E-state index >= 15 is 0 Å². The molecule has 1 aliphatic heterocycles.